The van der Waals surface area contributed by atoms with Crippen LogP contribution in [0.1, 0.15) is 11.1 Å². The molecule has 1 amide bonds. The highest BCUT2D eigenvalue weighted by Gasteiger charge is 2.10. The molecule has 0 bridgehead atoms. The first-order chi connectivity index (χ1) is 10.5. The van der Waals surface area contributed by atoms with Crippen LogP contribution in [-0.2, 0) is 11.3 Å². The highest BCUT2D eigenvalue weighted by atomic mass is 35.5. The highest BCUT2D eigenvalue weighted by Crippen LogP contribution is 2.20. The zero-order valence-electron chi connectivity index (χ0n) is 12.6. The van der Waals surface area contributed by atoms with Crippen LogP contribution in [0, 0.1) is 6.92 Å². The Balaban J connectivity index is 1.93. The zero-order valence-corrected chi connectivity index (χ0v) is 14.1. The molecule has 0 unspecified atom stereocenters. The number of benzene rings is 2. The first kappa shape index (κ1) is 16.8. The van der Waals surface area contributed by atoms with E-state index in [4.69, 9.17) is 23.2 Å². The van der Waals surface area contributed by atoms with Gasteiger partial charge in [-0.15, -0.1) is 0 Å². The summed E-state index contributed by atoms with van der Waals surface area (Å²) in [6.45, 7) is 2.81. The van der Waals surface area contributed by atoms with Crippen LogP contribution in [-0.4, -0.2) is 24.4 Å². The topological polar surface area (TPSA) is 32.3 Å². The average molecular weight is 337 g/mol. The van der Waals surface area contributed by atoms with Gasteiger partial charge in [-0.2, -0.15) is 0 Å². The van der Waals surface area contributed by atoms with Crippen LogP contribution in [0.4, 0.5) is 5.69 Å². The summed E-state index contributed by atoms with van der Waals surface area (Å²) in [5.41, 5.74) is 2.72. The minimum atomic E-state index is -0.0695. The van der Waals surface area contributed by atoms with Crippen molar-refractivity contribution in [3.05, 3.63) is 63.6 Å². The van der Waals surface area contributed by atoms with Gasteiger partial charge in [-0.05, 0) is 49.4 Å². The van der Waals surface area contributed by atoms with Gasteiger partial charge in [-0.1, -0.05) is 41.4 Å². The number of hydrogen-bond donors (Lipinski definition) is 1. The maximum atomic E-state index is 12.1. The summed E-state index contributed by atoms with van der Waals surface area (Å²) < 4.78 is 0. The molecule has 0 spiro atoms. The van der Waals surface area contributed by atoms with Crippen LogP contribution in [0.2, 0.25) is 10.0 Å². The molecule has 0 aliphatic carbocycles. The van der Waals surface area contributed by atoms with Gasteiger partial charge in [0.05, 0.1) is 6.54 Å². The molecule has 0 aromatic heterocycles. The lowest BCUT2D eigenvalue weighted by Crippen LogP contribution is -2.30. The SMILES string of the molecule is Cc1cc(Cl)ccc1NC(=O)CN(C)Cc1ccccc1Cl. The number of amides is 1. The van der Waals surface area contributed by atoms with Gasteiger partial charge in [0.25, 0.3) is 0 Å². The number of halogens is 2. The Labute approximate surface area is 140 Å². The number of likely N-dealkylation sites (N-methyl/N-ethyl adjacent to an activating group) is 1. The first-order valence-corrected chi connectivity index (χ1v) is 7.69. The smallest absolute Gasteiger partial charge is 0.238 e. The van der Waals surface area contributed by atoms with Gasteiger partial charge in [0.2, 0.25) is 5.91 Å². The van der Waals surface area contributed by atoms with Crippen molar-refractivity contribution < 1.29 is 4.79 Å². The van der Waals surface area contributed by atoms with E-state index >= 15 is 0 Å². The molecule has 0 heterocycles. The molecule has 0 saturated heterocycles. The van der Waals surface area contributed by atoms with Gasteiger partial charge < -0.3 is 5.32 Å². The quantitative estimate of drug-likeness (QED) is 0.879. The summed E-state index contributed by atoms with van der Waals surface area (Å²) >= 11 is 12.0. The summed E-state index contributed by atoms with van der Waals surface area (Å²) in [6.07, 6.45) is 0. The van der Waals surface area contributed by atoms with Crippen molar-refractivity contribution in [2.75, 3.05) is 18.9 Å². The second-order valence-electron chi connectivity index (χ2n) is 5.27. The van der Waals surface area contributed by atoms with Crippen LogP contribution >= 0.6 is 23.2 Å². The first-order valence-electron chi connectivity index (χ1n) is 6.93. The molecule has 0 fully saturated rings. The predicted molar refractivity (Wildman–Crippen MR) is 92.6 cm³/mol. The summed E-state index contributed by atoms with van der Waals surface area (Å²) in [4.78, 5) is 14.0. The molecule has 0 radical (unpaired) electrons. The molecule has 0 aliphatic rings. The third-order valence-corrected chi connectivity index (χ3v) is 3.88. The van der Waals surface area contributed by atoms with Crippen molar-refractivity contribution in [3.63, 3.8) is 0 Å². The van der Waals surface area contributed by atoms with Crippen molar-refractivity contribution >= 4 is 34.8 Å². The van der Waals surface area contributed by atoms with Crippen molar-refractivity contribution in [2.24, 2.45) is 0 Å². The molecule has 3 nitrogen and oxygen atoms in total. The fourth-order valence-corrected chi connectivity index (χ4v) is 2.60. The van der Waals surface area contributed by atoms with E-state index in [1.807, 2.05) is 55.3 Å². The summed E-state index contributed by atoms with van der Waals surface area (Å²) in [7, 11) is 1.89. The third kappa shape index (κ3) is 4.73. The lowest BCUT2D eigenvalue weighted by molar-refractivity contribution is -0.117. The van der Waals surface area contributed by atoms with Gasteiger partial charge in [0.15, 0.2) is 0 Å². The molecule has 0 aliphatic heterocycles. The van der Waals surface area contributed by atoms with Gasteiger partial charge >= 0.3 is 0 Å². The van der Waals surface area contributed by atoms with Crippen LogP contribution in [0.5, 0.6) is 0 Å². The maximum absolute atomic E-state index is 12.1. The Kier molecular flexibility index (Phi) is 5.83. The lowest BCUT2D eigenvalue weighted by atomic mass is 10.2. The average Bonchev–Trinajstić information content (AvgIpc) is 2.44. The number of rotatable bonds is 5. The molecule has 2 rings (SSSR count). The number of aryl methyl sites for hydroxylation is 1. The summed E-state index contributed by atoms with van der Waals surface area (Å²) in [5.74, 6) is -0.0695. The predicted octanol–water partition coefficient (Wildman–Crippen LogP) is 4.37. The van der Waals surface area contributed by atoms with Crippen LogP contribution in [0.25, 0.3) is 0 Å². The van der Waals surface area contributed by atoms with Crippen LogP contribution < -0.4 is 5.32 Å². The molecule has 0 atom stereocenters. The molecule has 116 valence electrons. The number of hydrogen-bond acceptors (Lipinski definition) is 2. The van der Waals surface area contributed by atoms with E-state index in [0.717, 1.165) is 16.8 Å². The van der Waals surface area contributed by atoms with E-state index in [1.165, 1.54) is 0 Å². The molecule has 0 saturated carbocycles. The normalized spacial score (nSPS) is 10.8. The molecule has 22 heavy (non-hydrogen) atoms. The summed E-state index contributed by atoms with van der Waals surface area (Å²) in [5, 5.41) is 4.27. The van der Waals surface area contributed by atoms with Crippen LogP contribution in [0.3, 0.4) is 0 Å². The van der Waals surface area contributed by atoms with Gasteiger partial charge in [-0.25, -0.2) is 0 Å². The maximum Gasteiger partial charge on any atom is 0.238 e. The third-order valence-electron chi connectivity index (χ3n) is 3.27. The number of carbonyl (C=O) groups excluding carboxylic acids is 1. The number of anilines is 1. The van der Waals surface area contributed by atoms with Crippen molar-refractivity contribution in [2.45, 2.75) is 13.5 Å². The van der Waals surface area contributed by atoms with E-state index in [0.29, 0.717) is 16.6 Å². The minimum Gasteiger partial charge on any atom is -0.325 e. The Morgan fingerprint density at radius 1 is 1.18 bits per heavy atom. The molecule has 5 heteroatoms. The Hall–Kier alpha value is -1.55. The Morgan fingerprint density at radius 2 is 1.91 bits per heavy atom. The molecule has 1 N–H and O–H groups in total. The highest BCUT2D eigenvalue weighted by molar-refractivity contribution is 6.31. The molecular formula is C17H18Cl2N2O. The fraction of sp³-hybridized carbons (Fsp3) is 0.235. The largest absolute Gasteiger partial charge is 0.325 e. The van der Waals surface area contributed by atoms with Crippen molar-refractivity contribution in [1.82, 2.24) is 4.90 Å². The van der Waals surface area contributed by atoms with Gasteiger partial charge in [0, 0.05) is 22.3 Å². The lowest BCUT2D eigenvalue weighted by Gasteiger charge is -2.17. The second-order valence-corrected chi connectivity index (χ2v) is 6.11. The Bertz CT molecular complexity index is 673. The van der Waals surface area contributed by atoms with E-state index in [9.17, 15) is 4.79 Å². The second kappa shape index (κ2) is 7.63. The zero-order chi connectivity index (χ0) is 16.1. The molecule has 2 aromatic rings. The fourth-order valence-electron chi connectivity index (χ4n) is 2.18. The number of carbonyl (C=O) groups is 1. The molecule has 2 aromatic carbocycles. The Morgan fingerprint density at radius 3 is 2.59 bits per heavy atom. The van der Waals surface area contributed by atoms with E-state index in [-0.39, 0.29) is 12.5 Å². The van der Waals surface area contributed by atoms with Gasteiger partial charge in [-0.3, -0.25) is 9.69 Å². The van der Waals surface area contributed by atoms with Gasteiger partial charge in [0.1, 0.15) is 0 Å². The van der Waals surface area contributed by atoms with E-state index in [2.05, 4.69) is 5.32 Å². The standard InChI is InChI=1S/C17H18Cl2N2O/c1-12-9-14(18)7-8-16(12)20-17(22)11-21(2)10-13-5-3-4-6-15(13)19/h3-9H,10-11H2,1-2H3,(H,20,22). The summed E-state index contributed by atoms with van der Waals surface area (Å²) in [6, 6.07) is 13.0. The number of nitrogens with one attached hydrogen (secondary N) is 1. The number of nitrogens with zero attached hydrogens (tertiary/aromatic N) is 1. The minimum absolute atomic E-state index is 0.0695. The van der Waals surface area contributed by atoms with Crippen LogP contribution in [0.15, 0.2) is 42.5 Å². The van der Waals surface area contributed by atoms with E-state index < -0.39 is 0 Å². The molecular weight excluding hydrogens is 319 g/mol. The van der Waals surface area contributed by atoms with Crippen molar-refractivity contribution in [3.8, 4) is 0 Å². The monoisotopic (exact) mass is 336 g/mol. The van der Waals surface area contributed by atoms with Crippen molar-refractivity contribution in [1.29, 1.82) is 0 Å². The van der Waals surface area contributed by atoms with E-state index in [1.54, 1.807) is 6.07 Å².